The number of rotatable bonds is 4. The van der Waals surface area contributed by atoms with Crippen LogP contribution in [0.25, 0.3) is 10.8 Å². The topological polar surface area (TPSA) is 92.6 Å². The molecule has 7 nitrogen and oxygen atoms in total. The molecule has 1 atom stereocenters. The van der Waals surface area contributed by atoms with Crippen molar-refractivity contribution >= 4 is 34.0 Å². The van der Waals surface area contributed by atoms with Gasteiger partial charge in [-0.05, 0) is 42.7 Å². The van der Waals surface area contributed by atoms with Gasteiger partial charge in [0.2, 0.25) is 5.91 Å². The zero-order valence-electron chi connectivity index (χ0n) is 17.2. The zero-order valence-corrected chi connectivity index (χ0v) is 17.2. The van der Waals surface area contributed by atoms with Crippen molar-refractivity contribution in [2.75, 3.05) is 18.4 Å². The lowest BCUT2D eigenvalue weighted by atomic mass is 9.95. The number of benzene rings is 3. The van der Waals surface area contributed by atoms with Gasteiger partial charge in [0.05, 0.1) is 10.8 Å². The lowest BCUT2D eigenvalue weighted by molar-refractivity contribution is -0.385. The second-order valence-corrected chi connectivity index (χ2v) is 7.86. The highest BCUT2D eigenvalue weighted by molar-refractivity contribution is 6.07. The van der Waals surface area contributed by atoms with Gasteiger partial charge in [-0.1, -0.05) is 42.5 Å². The van der Waals surface area contributed by atoms with Crippen molar-refractivity contribution in [2.45, 2.75) is 19.8 Å². The van der Waals surface area contributed by atoms with Crippen molar-refractivity contribution in [1.82, 2.24) is 4.90 Å². The number of amides is 2. The van der Waals surface area contributed by atoms with E-state index in [-0.39, 0.29) is 23.4 Å². The van der Waals surface area contributed by atoms with Crippen LogP contribution in [0.15, 0.2) is 60.7 Å². The van der Waals surface area contributed by atoms with E-state index in [1.54, 1.807) is 24.0 Å². The van der Waals surface area contributed by atoms with Crippen LogP contribution in [0.3, 0.4) is 0 Å². The summed E-state index contributed by atoms with van der Waals surface area (Å²) < 4.78 is 0. The molecule has 4 rings (SSSR count). The molecule has 0 radical (unpaired) electrons. The van der Waals surface area contributed by atoms with Crippen LogP contribution in [0.2, 0.25) is 0 Å². The first-order valence-electron chi connectivity index (χ1n) is 10.3. The highest BCUT2D eigenvalue weighted by Crippen LogP contribution is 2.26. The number of nitro benzene ring substituents is 1. The molecule has 1 aliphatic heterocycles. The van der Waals surface area contributed by atoms with Crippen LogP contribution in [0, 0.1) is 23.0 Å². The van der Waals surface area contributed by atoms with Crippen LogP contribution in [-0.4, -0.2) is 34.7 Å². The van der Waals surface area contributed by atoms with E-state index in [4.69, 9.17) is 0 Å². The summed E-state index contributed by atoms with van der Waals surface area (Å²) in [5, 5.41) is 15.8. The van der Waals surface area contributed by atoms with E-state index < -0.39 is 4.92 Å². The number of piperidine rings is 1. The number of hydrogen-bond acceptors (Lipinski definition) is 4. The molecule has 31 heavy (non-hydrogen) atoms. The molecule has 0 aliphatic carbocycles. The predicted octanol–water partition coefficient (Wildman–Crippen LogP) is 4.55. The third-order valence-corrected chi connectivity index (χ3v) is 5.77. The van der Waals surface area contributed by atoms with Gasteiger partial charge in [-0.3, -0.25) is 19.7 Å². The lowest BCUT2D eigenvalue weighted by Gasteiger charge is -2.32. The fourth-order valence-corrected chi connectivity index (χ4v) is 4.09. The molecule has 158 valence electrons. The van der Waals surface area contributed by atoms with Crippen molar-refractivity contribution in [3.05, 3.63) is 81.9 Å². The fraction of sp³-hybridized carbons (Fsp3) is 0.250. The highest BCUT2D eigenvalue weighted by Gasteiger charge is 2.29. The Labute approximate surface area is 179 Å². The van der Waals surface area contributed by atoms with Gasteiger partial charge in [0.1, 0.15) is 0 Å². The number of hydrogen-bond donors (Lipinski definition) is 1. The molecule has 0 bridgehead atoms. The summed E-state index contributed by atoms with van der Waals surface area (Å²) >= 11 is 0. The third-order valence-electron chi connectivity index (χ3n) is 5.77. The third kappa shape index (κ3) is 4.26. The Morgan fingerprint density at radius 3 is 2.68 bits per heavy atom. The quantitative estimate of drug-likeness (QED) is 0.498. The number of carbonyl (C=O) groups excluding carboxylic acids is 2. The standard InChI is InChI=1S/C24H23N3O4/c1-16-11-12-19(14-22(16)27(30)31)25-23(28)18-8-5-13-26(15-18)24(29)21-10-4-7-17-6-2-3-9-20(17)21/h2-4,6-7,9-12,14,18H,5,8,13,15H2,1H3,(H,25,28). The molecule has 2 amide bonds. The molecule has 3 aromatic carbocycles. The smallest absolute Gasteiger partial charge is 0.274 e. The number of anilines is 1. The lowest BCUT2D eigenvalue weighted by Crippen LogP contribution is -2.43. The maximum absolute atomic E-state index is 13.2. The minimum absolute atomic E-state index is 0.0331. The highest BCUT2D eigenvalue weighted by atomic mass is 16.6. The van der Waals surface area contributed by atoms with Gasteiger partial charge in [0, 0.05) is 36.0 Å². The van der Waals surface area contributed by atoms with Gasteiger partial charge in [-0.25, -0.2) is 0 Å². The van der Waals surface area contributed by atoms with Crippen LogP contribution < -0.4 is 5.32 Å². The minimum atomic E-state index is -0.462. The average Bonchev–Trinajstić information content (AvgIpc) is 2.79. The Balaban J connectivity index is 1.49. The molecule has 1 saturated heterocycles. The summed E-state index contributed by atoms with van der Waals surface area (Å²) in [5.74, 6) is -0.679. The van der Waals surface area contributed by atoms with E-state index in [9.17, 15) is 19.7 Å². The Hall–Kier alpha value is -3.74. The number of nitrogens with zero attached hydrogens (tertiary/aromatic N) is 2. The monoisotopic (exact) mass is 417 g/mol. The summed E-state index contributed by atoms with van der Waals surface area (Å²) in [4.78, 5) is 38.5. The molecule has 1 heterocycles. The first kappa shape index (κ1) is 20.5. The molecule has 0 aromatic heterocycles. The van der Waals surface area contributed by atoms with E-state index in [0.717, 1.165) is 17.2 Å². The largest absolute Gasteiger partial charge is 0.338 e. The summed E-state index contributed by atoms with van der Waals surface area (Å²) in [6, 6.07) is 18.1. The van der Waals surface area contributed by atoms with Gasteiger partial charge in [-0.2, -0.15) is 0 Å². The van der Waals surface area contributed by atoms with Gasteiger partial charge in [0.25, 0.3) is 11.6 Å². The van der Waals surface area contributed by atoms with Crippen LogP contribution in [0.4, 0.5) is 11.4 Å². The predicted molar refractivity (Wildman–Crippen MR) is 119 cm³/mol. The van der Waals surface area contributed by atoms with E-state index in [1.165, 1.54) is 6.07 Å². The van der Waals surface area contributed by atoms with Gasteiger partial charge in [-0.15, -0.1) is 0 Å². The van der Waals surface area contributed by atoms with Crippen molar-refractivity contribution in [3.8, 4) is 0 Å². The number of likely N-dealkylation sites (tertiary alicyclic amines) is 1. The summed E-state index contributed by atoms with van der Waals surface area (Å²) in [6.07, 6.45) is 1.39. The van der Waals surface area contributed by atoms with Gasteiger partial charge < -0.3 is 10.2 Å². The van der Waals surface area contributed by atoms with Crippen molar-refractivity contribution in [1.29, 1.82) is 0 Å². The van der Waals surface area contributed by atoms with Crippen LogP contribution in [0.5, 0.6) is 0 Å². The second kappa shape index (κ2) is 8.55. The maximum Gasteiger partial charge on any atom is 0.274 e. The Morgan fingerprint density at radius 2 is 1.87 bits per heavy atom. The number of nitrogens with one attached hydrogen (secondary N) is 1. The number of fused-ring (bicyclic) bond motifs is 1. The molecular formula is C24H23N3O4. The molecule has 0 spiro atoms. The SMILES string of the molecule is Cc1ccc(NC(=O)C2CCCN(C(=O)c3cccc4ccccc34)C2)cc1[N+](=O)[O-]. The molecule has 1 fully saturated rings. The Bertz CT molecular complexity index is 1170. The Kier molecular flexibility index (Phi) is 5.66. The molecule has 1 N–H and O–H groups in total. The average molecular weight is 417 g/mol. The van der Waals surface area contributed by atoms with E-state index in [1.807, 2.05) is 42.5 Å². The van der Waals surface area contributed by atoms with Crippen molar-refractivity contribution in [3.63, 3.8) is 0 Å². The molecule has 0 saturated carbocycles. The van der Waals surface area contributed by atoms with E-state index in [0.29, 0.717) is 36.3 Å². The molecule has 1 unspecified atom stereocenters. The molecule has 3 aromatic rings. The fourth-order valence-electron chi connectivity index (χ4n) is 4.09. The molecular weight excluding hydrogens is 394 g/mol. The van der Waals surface area contributed by atoms with Crippen LogP contribution in [0.1, 0.15) is 28.8 Å². The summed E-state index contributed by atoms with van der Waals surface area (Å²) in [6.45, 7) is 2.57. The van der Waals surface area contributed by atoms with Crippen molar-refractivity contribution in [2.24, 2.45) is 5.92 Å². The Morgan fingerprint density at radius 1 is 1.10 bits per heavy atom. The van der Waals surface area contributed by atoms with Crippen molar-refractivity contribution < 1.29 is 14.5 Å². The first-order chi connectivity index (χ1) is 14.9. The van der Waals surface area contributed by atoms with Crippen LogP contribution in [-0.2, 0) is 4.79 Å². The summed E-state index contributed by atoms with van der Waals surface area (Å²) in [5.41, 5.74) is 1.52. The van der Waals surface area contributed by atoms with E-state index in [2.05, 4.69) is 5.32 Å². The minimum Gasteiger partial charge on any atom is -0.338 e. The zero-order chi connectivity index (χ0) is 22.0. The molecule has 7 heteroatoms. The van der Waals surface area contributed by atoms with Gasteiger partial charge in [0.15, 0.2) is 0 Å². The number of aryl methyl sites for hydroxylation is 1. The summed E-state index contributed by atoms with van der Waals surface area (Å²) in [7, 11) is 0. The number of nitro groups is 1. The second-order valence-electron chi connectivity index (χ2n) is 7.86. The van der Waals surface area contributed by atoms with Gasteiger partial charge >= 0.3 is 0 Å². The maximum atomic E-state index is 13.2. The van der Waals surface area contributed by atoms with Crippen LogP contribution >= 0.6 is 0 Å². The normalized spacial score (nSPS) is 16.2. The number of carbonyl (C=O) groups is 2. The van der Waals surface area contributed by atoms with E-state index >= 15 is 0 Å². The first-order valence-corrected chi connectivity index (χ1v) is 10.3. The molecule has 1 aliphatic rings.